The van der Waals surface area contributed by atoms with Crippen molar-refractivity contribution in [3.05, 3.63) is 11.8 Å². The molecule has 0 radical (unpaired) electrons. The molecule has 2 amide bonds. The number of likely N-dealkylation sites (tertiary alicyclic amines) is 1. The van der Waals surface area contributed by atoms with Gasteiger partial charge in [-0.15, -0.1) is 0 Å². The van der Waals surface area contributed by atoms with Crippen LogP contribution in [0.2, 0.25) is 0 Å². The molecule has 0 bridgehead atoms. The largest absolute Gasteiger partial charge is 0.333 e. The van der Waals surface area contributed by atoms with Gasteiger partial charge in [-0.2, -0.15) is 0 Å². The van der Waals surface area contributed by atoms with Gasteiger partial charge in [0.05, 0.1) is 0 Å². The van der Waals surface area contributed by atoms with Crippen LogP contribution in [0.25, 0.3) is 0 Å². The molecule has 27 heavy (non-hydrogen) atoms. The summed E-state index contributed by atoms with van der Waals surface area (Å²) in [7, 11) is 0. The number of ketones is 1. The van der Waals surface area contributed by atoms with Gasteiger partial charge in [-0.3, -0.25) is 9.69 Å². The van der Waals surface area contributed by atoms with E-state index >= 15 is 0 Å². The first kappa shape index (κ1) is 19.0. The van der Waals surface area contributed by atoms with Crippen LogP contribution in [0.3, 0.4) is 0 Å². The molecule has 0 unspecified atom stereocenters. The van der Waals surface area contributed by atoms with Gasteiger partial charge in [-0.1, -0.05) is 20.3 Å². The maximum atomic E-state index is 13.2. The smallest absolute Gasteiger partial charge is 0.322 e. The van der Waals surface area contributed by atoms with Gasteiger partial charge in [0.1, 0.15) is 0 Å². The summed E-state index contributed by atoms with van der Waals surface area (Å²) >= 11 is 0. The summed E-state index contributed by atoms with van der Waals surface area (Å²) in [6.07, 6.45) is 9.84. The molecule has 4 aliphatic rings. The van der Waals surface area contributed by atoms with E-state index in [2.05, 4.69) is 19.2 Å². The zero-order chi connectivity index (χ0) is 19.6. The molecule has 150 valence electrons. The Morgan fingerprint density at radius 2 is 1.89 bits per heavy atom. The van der Waals surface area contributed by atoms with E-state index in [4.69, 9.17) is 0 Å². The van der Waals surface area contributed by atoms with Crippen LogP contribution in [0.4, 0.5) is 4.79 Å². The molecule has 5 atom stereocenters. The van der Waals surface area contributed by atoms with Crippen molar-refractivity contribution in [2.24, 2.45) is 28.6 Å². The first-order chi connectivity index (χ1) is 12.5. The van der Waals surface area contributed by atoms with Gasteiger partial charge in [0.15, 0.2) is 5.78 Å². The van der Waals surface area contributed by atoms with E-state index in [0.29, 0.717) is 23.7 Å². The zero-order valence-corrected chi connectivity index (χ0v) is 17.7. The molecule has 3 fully saturated rings. The molecule has 4 nitrogen and oxygen atoms in total. The van der Waals surface area contributed by atoms with Crippen molar-refractivity contribution in [2.45, 2.75) is 85.1 Å². The van der Waals surface area contributed by atoms with Crippen LogP contribution in [0, 0.1) is 28.6 Å². The van der Waals surface area contributed by atoms with Crippen LogP contribution >= 0.6 is 0 Å². The molecule has 4 rings (SSSR count). The van der Waals surface area contributed by atoms with Crippen molar-refractivity contribution in [3.8, 4) is 0 Å². The van der Waals surface area contributed by atoms with Crippen LogP contribution in [0.5, 0.6) is 0 Å². The van der Waals surface area contributed by atoms with Crippen molar-refractivity contribution in [1.29, 1.82) is 0 Å². The second-order valence-electron chi connectivity index (χ2n) is 11.2. The maximum Gasteiger partial charge on any atom is 0.322 e. The van der Waals surface area contributed by atoms with E-state index in [1.807, 2.05) is 25.7 Å². The van der Waals surface area contributed by atoms with Gasteiger partial charge in [-0.25, -0.2) is 4.79 Å². The molecule has 0 aromatic rings. The fourth-order valence-electron chi connectivity index (χ4n) is 6.88. The van der Waals surface area contributed by atoms with Crippen LogP contribution in [-0.2, 0) is 4.79 Å². The summed E-state index contributed by atoms with van der Waals surface area (Å²) in [5.74, 6) is 2.06. The lowest BCUT2D eigenvalue weighted by atomic mass is 9.50. The summed E-state index contributed by atoms with van der Waals surface area (Å²) in [5.41, 5.74) is 1.12. The number of nitrogens with zero attached hydrogens (tertiary/aromatic N) is 1. The third-order valence-corrected chi connectivity index (χ3v) is 8.22. The minimum absolute atomic E-state index is 0.0293. The SMILES string of the molecule is CC(C)(C)NC(=O)N1C[C@H]2[C@@H]3CCC[C@@]3(C)CC[C@@H]2[C@@]2(C)CCC(=O)C=C12. The highest BCUT2D eigenvalue weighted by molar-refractivity contribution is 5.92. The molecule has 0 aromatic carbocycles. The van der Waals surface area contributed by atoms with Crippen LogP contribution in [0.15, 0.2) is 11.8 Å². The summed E-state index contributed by atoms with van der Waals surface area (Å²) in [6.45, 7) is 11.7. The molecular formula is C23H36N2O2. The Balaban J connectivity index is 1.73. The fourth-order valence-corrected chi connectivity index (χ4v) is 6.88. The molecule has 1 aliphatic heterocycles. The standard InChI is InChI=1S/C23H36N2O2/c1-21(2,3)24-20(27)25-14-16-17-7-6-10-22(17,4)11-9-18(16)23(5)12-8-15(26)13-19(23)25/h13,16-18H,6-12,14H2,1-5H3,(H,24,27)/t16-,17-,18-,22-,23+/m0/s1. The lowest BCUT2D eigenvalue weighted by molar-refractivity contribution is -0.118. The maximum absolute atomic E-state index is 13.2. The van der Waals surface area contributed by atoms with E-state index in [1.165, 1.54) is 32.1 Å². The third kappa shape index (κ3) is 3.03. The number of allylic oxidation sites excluding steroid dienone is 2. The molecule has 1 heterocycles. The van der Waals surface area contributed by atoms with E-state index in [1.54, 1.807) is 6.08 Å². The Labute approximate surface area is 164 Å². The number of urea groups is 1. The molecule has 2 saturated carbocycles. The minimum atomic E-state index is -0.280. The predicted molar refractivity (Wildman–Crippen MR) is 107 cm³/mol. The summed E-state index contributed by atoms with van der Waals surface area (Å²) in [4.78, 5) is 27.5. The van der Waals surface area contributed by atoms with Gasteiger partial charge in [0, 0.05) is 35.7 Å². The topological polar surface area (TPSA) is 49.4 Å². The molecule has 3 aliphatic carbocycles. The van der Waals surface area contributed by atoms with Crippen molar-refractivity contribution >= 4 is 11.8 Å². The van der Waals surface area contributed by atoms with Gasteiger partial charge in [0.25, 0.3) is 0 Å². The molecule has 4 heteroatoms. The summed E-state index contributed by atoms with van der Waals surface area (Å²) in [5, 5.41) is 3.15. The Morgan fingerprint density at radius 3 is 2.59 bits per heavy atom. The second-order valence-corrected chi connectivity index (χ2v) is 11.2. The monoisotopic (exact) mass is 372 g/mol. The fraction of sp³-hybridized carbons (Fsp3) is 0.826. The number of rotatable bonds is 0. The highest BCUT2D eigenvalue weighted by Crippen LogP contribution is 2.63. The lowest BCUT2D eigenvalue weighted by Gasteiger charge is -2.59. The Hall–Kier alpha value is -1.32. The molecule has 0 aromatic heterocycles. The molecule has 0 spiro atoms. The number of carbonyl (C=O) groups excluding carboxylic acids is 2. The molecule has 1 saturated heterocycles. The van der Waals surface area contributed by atoms with E-state index < -0.39 is 0 Å². The summed E-state index contributed by atoms with van der Waals surface area (Å²) < 4.78 is 0. The van der Waals surface area contributed by atoms with Gasteiger partial charge in [-0.05, 0) is 76.0 Å². The molecular weight excluding hydrogens is 336 g/mol. The van der Waals surface area contributed by atoms with Crippen molar-refractivity contribution < 1.29 is 9.59 Å². The van der Waals surface area contributed by atoms with E-state index in [-0.39, 0.29) is 22.8 Å². The highest BCUT2D eigenvalue weighted by atomic mass is 16.2. The normalized spacial score (nSPS) is 41.4. The zero-order valence-electron chi connectivity index (χ0n) is 17.7. The van der Waals surface area contributed by atoms with Crippen LogP contribution in [-0.4, -0.2) is 28.8 Å². The van der Waals surface area contributed by atoms with E-state index in [9.17, 15) is 9.59 Å². The van der Waals surface area contributed by atoms with Crippen LogP contribution < -0.4 is 5.32 Å². The Morgan fingerprint density at radius 1 is 1.15 bits per heavy atom. The number of amides is 2. The number of hydrogen-bond donors (Lipinski definition) is 1. The van der Waals surface area contributed by atoms with Crippen molar-refractivity contribution in [2.75, 3.05) is 6.54 Å². The number of carbonyl (C=O) groups is 2. The quantitative estimate of drug-likeness (QED) is 0.658. The van der Waals surface area contributed by atoms with E-state index in [0.717, 1.165) is 24.6 Å². The summed E-state index contributed by atoms with van der Waals surface area (Å²) in [6, 6.07) is -0.0293. The highest BCUT2D eigenvalue weighted by Gasteiger charge is 2.58. The number of piperidine rings is 1. The Bertz CT molecular complexity index is 691. The van der Waals surface area contributed by atoms with Gasteiger partial charge < -0.3 is 5.32 Å². The minimum Gasteiger partial charge on any atom is -0.333 e. The predicted octanol–water partition coefficient (Wildman–Crippen LogP) is 4.90. The number of hydrogen-bond acceptors (Lipinski definition) is 2. The first-order valence-corrected chi connectivity index (χ1v) is 10.9. The van der Waals surface area contributed by atoms with Crippen LogP contribution in [0.1, 0.15) is 79.6 Å². The van der Waals surface area contributed by atoms with Gasteiger partial charge in [0.2, 0.25) is 0 Å². The van der Waals surface area contributed by atoms with Crippen molar-refractivity contribution in [1.82, 2.24) is 10.2 Å². The number of fused-ring (bicyclic) bond motifs is 5. The lowest BCUT2D eigenvalue weighted by Crippen LogP contribution is -2.61. The number of nitrogens with one attached hydrogen (secondary N) is 1. The van der Waals surface area contributed by atoms with Gasteiger partial charge >= 0.3 is 6.03 Å². The average Bonchev–Trinajstić information content (AvgIpc) is 2.95. The first-order valence-electron chi connectivity index (χ1n) is 10.9. The van der Waals surface area contributed by atoms with Crippen molar-refractivity contribution in [3.63, 3.8) is 0 Å². The third-order valence-electron chi connectivity index (χ3n) is 8.22. The second kappa shape index (κ2) is 6.09. The average molecular weight is 373 g/mol. The molecule has 1 N–H and O–H groups in total. The Kier molecular flexibility index (Phi) is 4.29.